The van der Waals surface area contributed by atoms with Crippen molar-refractivity contribution in [2.45, 2.75) is 57.9 Å². The Morgan fingerprint density at radius 1 is 0.710 bits per heavy atom. The summed E-state index contributed by atoms with van der Waals surface area (Å²) in [5.74, 6) is 0. The van der Waals surface area contributed by atoms with Gasteiger partial charge in [0.2, 0.25) is 0 Å². The number of hydrogen-bond donors (Lipinski definition) is 0. The van der Waals surface area contributed by atoms with E-state index in [0.717, 1.165) is 33.2 Å². The fraction of sp³-hybridized carbons (Fsp3) is 0.429. The third-order valence-corrected chi connectivity index (χ3v) is 4.91. The van der Waals surface area contributed by atoms with Crippen molar-refractivity contribution in [2.24, 2.45) is 0 Å². The number of benzene rings is 1. The third kappa shape index (κ3) is 6.62. The van der Waals surface area contributed by atoms with E-state index in [-0.39, 0.29) is 27.9 Å². The molecule has 3 rings (SSSR count). The Bertz CT molecular complexity index is 1110. The Kier molecular flexibility index (Phi) is 7.94. The van der Waals surface area contributed by atoms with Crippen LogP contribution in [0.2, 0.25) is 0 Å². The van der Waals surface area contributed by atoms with Gasteiger partial charge in [-0.1, -0.05) is 65.8 Å². The Labute approximate surface area is 190 Å². The molecule has 0 saturated heterocycles. The monoisotopic (exact) mass is 504 g/mol. The van der Waals surface area contributed by atoms with E-state index >= 15 is 0 Å². The molecule has 0 saturated carbocycles. The first-order valence-corrected chi connectivity index (χ1v) is 10.6. The molecule has 3 aromatic rings. The number of fused-ring (bicyclic) bond motifs is 3. The summed E-state index contributed by atoms with van der Waals surface area (Å²) in [5, 5.41) is 2.30. The number of hydrogen-bond acceptors (Lipinski definition) is 5. The molecule has 0 aliphatic heterocycles. The minimum Gasteiger partial charge on any atom is -0.741 e. The molecular weight excluding hydrogens is 481 g/mol. The molecule has 0 amide bonds. The van der Waals surface area contributed by atoms with Gasteiger partial charge in [-0.05, 0) is 12.1 Å². The van der Waals surface area contributed by atoms with Gasteiger partial charge >= 0.3 is 22.6 Å². The second-order valence-corrected chi connectivity index (χ2v) is 10.4. The summed E-state index contributed by atoms with van der Waals surface area (Å²) in [4.78, 5) is 9.87. The summed E-state index contributed by atoms with van der Waals surface area (Å²) < 4.78 is 58.9. The second kappa shape index (κ2) is 9.02. The average Bonchev–Trinajstić information content (AvgIpc) is 2.58. The van der Waals surface area contributed by atoms with E-state index in [9.17, 15) is 13.2 Å². The largest absolute Gasteiger partial charge is 1.00 e. The molecule has 0 fully saturated rings. The predicted molar refractivity (Wildman–Crippen MR) is 110 cm³/mol. The average molecular weight is 505 g/mol. The molecule has 0 aliphatic carbocycles. The molecule has 0 radical (unpaired) electrons. The van der Waals surface area contributed by atoms with Crippen LogP contribution >= 0.6 is 0 Å². The number of rotatable bonds is 0. The molecule has 5 nitrogen and oxygen atoms in total. The zero-order valence-corrected chi connectivity index (χ0v) is 19.7. The topological polar surface area (TPSA) is 83.0 Å². The summed E-state index contributed by atoms with van der Waals surface area (Å²) in [6.07, 6.45) is 0. The molecule has 0 unspecified atom stereocenters. The van der Waals surface area contributed by atoms with Gasteiger partial charge in [-0.2, -0.15) is 13.2 Å². The van der Waals surface area contributed by atoms with E-state index in [0.29, 0.717) is 0 Å². The molecule has 2 heterocycles. The van der Waals surface area contributed by atoms with Crippen molar-refractivity contribution in [3.8, 4) is 0 Å². The van der Waals surface area contributed by atoms with Crippen LogP contribution in [-0.2, 0) is 38.0 Å². The number of nitrogens with zero attached hydrogens (tertiary/aromatic N) is 2. The first-order valence-electron chi connectivity index (χ1n) is 9.15. The predicted octanol–water partition coefficient (Wildman–Crippen LogP) is 5.43. The minimum absolute atomic E-state index is 0. The molecule has 0 N–H and O–H groups in total. The molecule has 0 bridgehead atoms. The zero-order valence-electron chi connectivity index (χ0n) is 17.9. The quantitative estimate of drug-likeness (QED) is 0.176. The van der Waals surface area contributed by atoms with Crippen molar-refractivity contribution in [2.75, 3.05) is 0 Å². The summed E-state index contributed by atoms with van der Waals surface area (Å²) in [5.41, 5.74) is -1.33. The van der Waals surface area contributed by atoms with Crippen LogP contribution in [0.3, 0.4) is 0 Å². The van der Waals surface area contributed by atoms with Crippen LogP contribution in [0.1, 0.15) is 52.9 Å². The van der Waals surface area contributed by atoms with Gasteiger partial charge in [-0.3, -0.25) is 0 Å². The maximum Gasteiger partial charge on any atom is 1.00 e. The Morgan fingerprint density at radius 3 is 1.19 bits per heavy atom. The van der Waals surface area contributed by atoms with Crippen molar-refractivity contribution in [1.82, 2.24) is 9.97 Å². The minimum atomic E-state index is -6.09. The van der Waals surface area contributed by atoms with Crippen LogP contribution < -0.4 is 0 Å². The zero-order chi connectivity index (χ0) is 23.1. The van der Waals surface area contributed by atoms with Gasteiger partial charge in [0, 0.05) is 33.0 Å². The number of halogens is 3. The summed E-state index contributed by atoms with van der Waals surface area (Å²) in [6, 6.07) is 12.8. The van der Waals surface area contributed by atoms with E-state index in [2.05, 4.69) is 77.9 Å². The molecule has 31 heavy (non-hydrogen) atoms. The second-order valence-electron chi connectivity index (χ2n) is 9.00. The fourth-order valence-corrected chi connectivity index (χ4v) is 2.60. The van der Waals surface area contributed by atoms with Crippen LogP contribution in [-0.4, -0.2) is 28.4 Å². The molecule has 174 valence electrons. The van der Waals surface area contributed by atoms with E-state index < -0.39 is 15.6 Å². The number of pyridine rings is 2. The van der Waals surface area contributed by atoms with Crippen molar-refractivity contribution in [1.29, 1.82) is 0 Å². The SMILES string of the molecule is CC(C)(C)c1ccc2ccc3ccc(C(C)(C)C)nc3c2n1.O=S(=O)([O-])C(F)(F)F.[Cu+]. The van der Waals surface area contributed by atoms with Gasteiger partial charge in [0.15, 0.2) is 10.1 Å². The Morgan fingerprint density at radius 2 is 0.968 bits per heavy atom. The fourth-order valence-electron chi connectivity index (χ4n) is 2.60. The normalized spacial score (nSPS) is 12.8. The van der Waals surface area contributed by atoms with Crippen LogP contribution in [0, 0.1) is 0 Å². The standard InChI is InChI=1S/C20H24N2.CHF3O3S.Cu/c1-19(2,3)15-11-9-13-7-8-14-10-12-16(20(4,5)6)22-18(14)17(13)21-15;2-1(3,4)8(5,6)7;/h7-12H,1-6H3;(H,5,6,7);/q;;+1/p-1. The van der Waals surface area contributed by atoms with Crippen LogP contribution in [0.25, 0.3) is 21.8 Å². The summed E-state index contributed by atoms with van der Waals surface area (Å²) >= 11 is 0. The van der Waals surface area contributed by atoms with Crippen molar-refractivity contribution in [3.63, 3.8) is 0 Å². The molecule has 1 aromatic carbocycles. The van der Waals surface area contributed by atoms with Crippen LogP contribution in [0.4, 0.5) is 13.2 Å². The van der Waals surface area contributed by atoms with Gasteiger partial charge in [-0.15, -0.1) is 0 Å². The number of aromatic nitrogens is 2. The smallest absolute Gasteiger partial charge is 0.741 e. The van der Waals surface area contributed by atoms with Gasteiger partial charge in [0.05, 0.1) is 11.0 Å². The molecule has 10 heteroatoms. The molecular formula is C21H24CuF3N2O3S. The molecule has 0 spiro atoms. The van der Waals surface area contributed by atoms with Gasteiger partial charge < -0.3 is 4.55 Å². The van der Waals surface area contributed by atoms with Crippen LogP contribution in [0.15, 0.2) is 36.4 Å². The molecule has 0 aliphatic rings. The molecule has 0 atom stereocenters. The Hall–Kier alpha value is -1.74. The molecule has 2 aromatic heterocycles. The van der Waals surface area contributed by atoms with E-state index in [4.69, 9.17) is 22.9 Å². The third-order valence-electron chi connectivity index (χ3n) is 4.34. The Balaban J connectivity index is 0.000000461. The van der Waals surface area contributed by atoms with Gasteiger partial charge in [0.1, 0.15) is 0 Å². The maximum atomic E-state index is 10.7. The van der Waals surface area contributed by atoms with E-state index in [1.165, 1.54) is 0 Å². The first-order chi connectivity index (χ1) is 13.4. The van der Waals surface area contributed by atoms with E-state index in [1.54, 1.807) is 0 Å². The number of alkyl halides is 3. The maximum absolute atomic E-state index is 10.7. The first kappa shape index (κ1) is 27.3. The van der Waals surface area contributed by atoms with Crippen LogP contribution in [0.5, 0.6) is 0 Å². The van der Waals surface area contributed by atoms with Crippen molar-refractivity contribution < 1.29 is 43.2 Å². The van der Waals surface area contributed by atoms with Crippen molar-refractivity contribution >= 4 is 31.9 Å². The van der Waals surface area contributed by atoms with Gasteiger partial charge in [0.25, 0.3) is 0 Å². The summed E-state index contributed by atoms with van der Waals surface area (Å²) in [6.45, 7) is 13.2. The van der Waals surface area contributed by atoms with E-state index in [1.807, 2.05) is 0 Å². The van der Waals surface area contributed by atoms with Crippen molar-refractivity contribution in [3.05, 3.63) is 47.8 Å². The summed E-state index contributed by atoms with van der Waals surface area (Å²) in [7, 11) is -6.09. The van der Waals surface area contributed by atoms with Gasteiger partial charge in [-0.25, -0.2) is 18.4 Å².